The molecule has 68 heavy (non-hydrogen) atoms. The van der Waals surface area contributed by atoms with Crippen molar-refractivity contribution in [3.8, 4) is 0 Å². The normalized spacial score (nSPS) is 34.7. The Hall–Kier alpha value is -4.61. The molecule has 2 amide bonds. The van der Waals surface area contributed by atoms with E-state index in [2.05, 4.69) is 51.3 Å². The van der Waals surface area contributed by atoms with Gasteiger partial charge in [-0.25, -0.2) is 9.59 Å². The quantitative estimate of drug-likeness (QED) is 0.153. The summed E-state index contributed by atoms with van der Waals surface area (Å²) in [6.07, 6.45) is 12.0. The van der Waals surface area contributed by atoms with E-state index in [9.17, 15) is 24.9 Å². The van der Waals surface area contributed by atoms with Gasteiger partial charge < -0.3 is 48.8 Å². The smallest absolute Gasteiger partial charge is 0.415 e. The molecule has 0 radical (unpaired) electrons. The maximum absolute atomic E-state index is 13.2. The van der Waals surface area contributed by atoms with E-state index in [4.69, 9.17) is 38.3 Å². The van der Waals surface area contributed by atoms with E-state index in [1.54, 1.807) is 17.1 Å². The molecule has 8 aliphatic rings. The van der Waals surface area contributed by atoms with E-state index in [-0.39, 0.29) is 44.5 Å². The third kappa shape index (κ3) is 9.52. The van der Waals surface area contributed by atoms with Gasteiger partial charge in [0.05, 0.1) is 43.2 Å². The molecule has 2 unspecified atom stereocenters. The Balaban J connectivity index is 0.000000174. The van der Waals surface area contributed by atoms with Crippen LogP contribution in [0, 0.1) is 27.7 Å². The Labute approximate surface area is 399 Å². The number of hydrogen-bond donors (Lipinski definition) is 4. The predicted molar refractivity (Wildman–Crippen MR) is 250 cm³/mol. The number of aryl methyl sites for hydroxylation is 4. The highest BCUT2D eigenvalue weighted by molar-refractivity contribution is 5.75. The van der Waals surface area contributed by atoms with Gasteiger partial charge in [0.25, 0.3) is 6.47 Å². The van der Waals surface area contributed by atoms with E-state index < -0.39 is 65.1 Å². The topological polar surface area (TPSA) is 194 Å². The van der Waals surface area contributed by atoms with E-state index in [1.165, 1.54) is 11.3 Å². The second kappa shape index (κ2) is 19.6. The van der Waals surface area contributed by atoms with Crippen LogP contribution in [-0.2, 0) is 46.3 Å². The number of ether oxygens (including phenoxy) is 6. The Morgan fingerprint density at radius 3 is 1.65 bits per heavy atom. The van der Waals surface area contributed by atoms with Gasteiger partial charge in [0.15, 0.2) is 28.5 Å². The Morgan fingerprint density at radius 2 is 1.15 bits per heavy atom. The van der Waals surface area contributed by atoms with Crippen molar-refractivity contribution < 1.29 is 63.2 Å². The van der Waals surface area contributed by atoms with Crippen molar-refractivity contribution in [2.24, 2.45) is 0 Å². The first-order valence-electron chi connectivity index (χ1n) is 24.4. The van der Waals surface area contributed by atoms with E-state index in [0.717, 1.165) is 96.9 Å². The van der Waals surface area contributed by atoms with Crippen LogP contribution >= 0.6 is 0 Å². The minimum atomic E-state index is -1.65. The summed E-state index contributed by atoms with van der Waals surface area (Å²) in [5, 5.41) is 41.1. The summed E-state index contributed by atoms with van der Waals surface area (Å²) in [4.78, 5) is 37.7. The second-order valence-corrected chi connectivity index (χ2v) is 20.5. The number of nitrogens with zero attached hydrogens (tertiary/aromatic N) is 2. The molecule has 4 saturated carbocycles. The summed E-state index contributed by atoms with van der Waals surface area (Å²) < 4.78 is 37.4. The van der Waals surface area contributed by atoms with Crippen LogP contribution in [0.25, 0.3) is 0 Å². The molecule has 4 spiro atoms. The maximum Gasteiger partial charge on any atom is 0.415 e. The van der Waals surface area contributed by atoms with Crippen molar-refractivity contribution in [2.45, 2.75) is 202 Å². The summed E-state index contributed by atoms with van der Waals surface area (Å²) in [7, 11) is 0. The zero-order valence-electron chi connectivity index (χ0n) is 40.0. The number of aliphatic hydroxyl groups excluding tert-OH is 2. The molecule has 4 aliphatic carbocycles. The molecule has 15 nitrogen and oxygen atoms in total. The van der Waals surface area contributed by atoms with Crippen LogP contribution in [0.1, 0.15) is 130 Å². The van der Waals surface area contributed by atoms with Crippen molar-refractivity contribution >= 4 is 18.7 Å². The lowest BCUT2D eigenvalue weighted by molar-refractivity contribution is -0.205. The zero-order valence-corrected chi connectivity index (χ0v) is 40.0. The van der Waals surface area contributed by atoms with Crippen molar-refractivity contribution in [1.82, 2.24) is 9.80 Å². The molecule has 0 aromatic heterocycles. The molecule has 0 bridgehead atoms. The lowest BCUT2D eigenvalue weighted by Crippen LogP contribution is -2.64. The van der Waals surface area contributed by atoms with E-state index in [1.807, 2.05) is 32.1 Å². The van der Waals surface area contributed by atoms with Gasteiger partial charge in [-0.15, -0.1) is 6.58 Å². The number of carboxylic acid groups (broad SMARTS) is 1. The fraction of sp³-hybridized carbons (Fsp3) is 0.604. The molecule has 4 aliphatic heterocycles. The fourth-order valence-corrected chi connectivity index (χ4v) is 12.6. The number of amides is 2. The molecule has 4 saturated heterocycles. The van der Waals surface area contributed by atoms with Crippen LogP contribution in [0.3, 0.4) is 0 Å². The van der Waals surface area contributed by atoms with Crippen molar-refractivity contribution in [1.29, 1.82) is 0 Å². The molecule has 2 aromatic rings. The second-order valence-electron chi connectivity index (χ2n) is 20.5. The molecule has 2 aromatic carbocycles. The molecule has 4 N–H and O–H groups in total. The standard InChI is InChI=1S/C26H35NO6.C26H33NO5.CH2O2/c1-4-8-26(30)24(33-23(29)27(26)16-19-12-17(2)11-18(3)13-19)14-20(28)22-21(15-24)31-25(32-22)9-6-5-7-10-25;1-4-8-22-25(32-24(29)27(22)16-19-12-17(2)11-18(3)13-19)14-20(28)23-21(15-25)30-26(31-23)9-6-5-7-10-26;2-1-3/h4,11-13,20-22,28,30H,1,5-10,14-16H2,2-3H3;4,8,11-13,20-21,23,28H,1,5-7,9-10,14-16H2,2-3H3;1H,(H,2,3)/b;22-8-;/t20-,21-,22?,24-,26-;20-,21-,23?,25-;/m11./s1. The van der Waals surface area contributed by atoms with Crippen LogP contribution in [0.2, 0.25) is 0 Å². The zero-order chi connectivity index (χ0) is 48.6. The average molecular weight is 943 g/mol. The highest BCUT2D eigenvalue weighted by Crippen LogP contribution is 2.55. The summed E-state index contributed by atoms with van der Waals surface area (Å²) >= 11 is 0. The minimum Gasteiger partial charge on any atom is -0.483 e. The predicted octanol–water partition coefficient (Wildman–Crippen LogP) is 8.22. The third-order valence-corrected chi connectivity index (χ3v) is 15.2. The average Bonchev–Trinajstić information content (AvgIpc) is 3.93. The van der Waals surface area contributed by atoms with Gasteiger partial charge in [-0.05, 0) is 70.6 Å². The van der Waals surface area contributed by atoms with Crippen molar-refractivity contribution in [2.75, 3.05) is 0 Å². The summed E-state index contributed by atoms with van der Waals surface area (Å²) in [5.74, 6) is -1.26. The maximum atomic E-state index is 13.2. The number of aliphatic hydroxyl groups is 3. The van der Waals surface area contributed by atoms with Gasteiger partial charge in [0, 0.05) is 57.8 Å². The van der Waals surface area contributed by atoms with E-state index in [0.29, 0.717) is 19.4 Å². The van der Waals surface area contributed by atoms with Crippen LogP contribution in [0.15, 0.2) is 73.5 Å². The number of rotatable bonds is 7. The van der Waals surface area contributed by atoms with Crippen LogP contribution in [0.5, 0.6) is 0 Å². The molecular formula is C53H70N2O13. The Kier molecular flexibility index (Phi) is 14.4. The van der Waals surface area contributed by atoms with Crippen LogP contribution in [0.4, 0.5) is 9.59 Å². The summed E-state index contributed by atoms with van der Waals surface area (Å²) in [5.41, 5.74) is 3.29. The largest absolute Gasteiger partial charge is 0.483 e. The van der Waals surface area contributed by atoms with Gasteiger partial charge in [-0.1, -0.05) is 90.2 Å². The molecule has 10 rings (SSSR count). The first-order valence-corrected chi connectivity index (χ1v) is 24.4. The Morgan fingerprint density at radius 1 is 0.662 bits per heavy atom. The lowest BCUT2D eigenvalue weighted by atomic mass is 9.72. The van der Waals surface area contributed by atoms with Crippen LogP contribution < -0.4 is 0 Å². The fourth-order valence-electron chi connectivity index (χ4n) is 12.6. The summed E-state index contributed by atoms with van der Waals surface area (Å²) in [6.45, 7) is 16.2. The van der Waals surface area contributed by atoms with Gasteiger partial charge >= 0.3 is 12.2 Å². The molecule has 370 valence electrons. The first kappa shape index (κ1) is 49.8. The van der Waals surface area contributed by atoms with E-state index >= 15 is 0 Å². The number of carbonyl (C=O) groups is 3. The number of hydrogen-bond acceptors (Lipinski definition) is 12. The van der Waals surface area contributed by atoms with Crippen molar-refractivity contribution in [3.63, 3.8) is 0 Å². The Bertz CT molecular complexity index is 2210. The lowest BCUT2D eigenvalue weighted by Gasteiger charge is -2.47. The van der Waals surface area contributed by atoms with Gasteiger partial charge in [-0.3, -0.25) is 14.6 Å². The first-order chi connectivity index (χ1) is 32.4. The van der Waals surface area contributed by atoms with Gasteiger partial charge in [0.2, 0.25) is 0 Å². The van der Waals surface area contributed by atoms with Gasteiger partial charge in [0.1, 0.15) is 12.2 Å². The molecular weight excluding hydrogens is 873 g/mol. The van der Waals surface area contributed by atoms with Crippen LogP contribution in [-0.4, -0.2) is 114 Å². The molecule has 9 atom stereocenters. The summed E-state index contributed by atoms with van der Waals surface area (Å²) in [6, 6.07) is 12.4. The highest BCUT2D eigenvalue weighted by Gasteiger charge is 2.70. The highest BCUT2D eigenvalue weighted by atomic mass is 16.8. The number of carbonyl (C=O) groups excluding carboxylic acids is 2. The molecule has 4 heterocycles. The minimum absolute atomic E-state index is 0.0903. The SMILES string of the molecule is C=C/C=C1\N(Cc2cc(C)cc(C)c2)C(=O)O[C@@]12C[C@@H](O)C1OC3(CCCCC3)O[C@@H]1C2.C=CC[C@]1(O)N(Cc2cc(C)cc(C)c2)C(=O)O[C@@]12C[C@@H](O)C1OC3(CCCCC3)O[C@@H]1C2.O=CO. The van der Waals surface area contributed by atoms with Gasteiger partial charge in [-0.2, -0.15) is 0 Å². The van der Waals surface area contributed by atoms with Crippen molar-refractivity contribution in [3.05, 3.63) is 107 Å². The molecule has 8 fully saturated rings. The number of allylic oxidation sites excluding steroid dienone is 2. The number of fused-ring (bicyclic) bond motifs is 2. The monoisotopic (exact) mass is 942 g/mol. The number of benzene rings is 2. The third-order valence-electron chi connectivity index (χ3n) is 15.2. The molecule has 15 heteroatoms.